The van der Waals surface area contributed by atoms with E-state index in [9.17, 15) is 17.6 Å². The SMILES string of the molecule is [C-]#[N+]c1ccc(/C(F)=C/c2ccc(F)c([C@@]3(C)N=C(N)S[C@]4(COC)[C@H]3C4(F)F)c2)nc1. The summed E-state index contributed by atoms with van der Waals surface area (Å²) in [7, 11) is 1.31. The molecular formula is C22H18F4N4OS. The molecule has 1 aromatic heterocycles. The number of methoxy groups -OCH3 is 1. The molecular weight excluding hydrogens is 444 g/mol. The van der Waals surface area contributed by atoms with Gasteiger partial charge in [0.2, 0.25) is 5.69 Å². The molecule has 1 aromatic carbocycles. The van der Waals surface area contributed by atoms with E-state index in [0.29, 0.717) is 0 Å². The van der Waals surface area contributed by atoms with Crippen LogP contribution in [0.25, 0.3) is 16.7 Å². The van der Waals surface area contributed by atoms with Crippen LogP contribution in [0.15, 0.2) is 41.5 Å². The highest BCUT2D eigenvalue weighted by Crippen LogP contribution is 2.74. The standard InChI is InChI=1S/C22H18F4N4OS/c1-20(18-21(11-31-3,22(18,25)26)32-19(27)30-20)14-8-12(4-6-15(14)23)9-16(24)17-7-5-13(28-2)10-29-17/h4-10,18H,11H2,1,3H3,(H2,27,30)/b16-9-/t18-,20+,21+/m0/s1. The van der Waals surface area contributed by atoms with Gasteiger partial charge in [0.25, 0.3) is 5.92 Å². The van der Waals surface area contributed by atoms with Crippen molar-refractivity contribution in [2.75, 3.05) is 13.7 Å². The number of hydrogen-bond donors (Lipinski definition) is 1. The summed E-state index contributed by atoms with van der Waals surface area (Å²) >= 11 is 0.741. The summed E-state index contributed by atoms with van der Waals surface area (Å²) in [5, 5.41) is -0.0893. The zero-order valence-electron chi connectivity index (χ0n) is 17.1. The lowest BCUT2D eigenvalue weighted by molar-refractivity contribution is 0.0637. The predicted molar refractivity (Wildman–Crippen MR) is 115 cm³/mol. The van der Waals surface area contributed by atoms with Crippen molar-refractivity contribution in [1.29, 1.82) is 0 Å². The number of amidine groups is 1. The highest BCUT2D eigenvalue weighted by Gasteiger charge is 2.87. The van der Waals surface area contributed by atoms with Crippen molar-refractivity contribution in [2.24, 2.45) is 16.6 Å². The van der Waals surface area contributed by atoms with Gasteiger partial charge in [-0.3, -0.25) is 9.98 Å². The third kappa shape index (κ3) is 3.27. The Balaban J connectivity index is 1.76. The average Bonchev–Trinajstić information content (AvgIpc) is 3.24. The molecule has 3 atom stereocenters. The van der Waals surface area contributed by atoms with Crippen LogP contribution in [0.5, 0.6) is 0 Å². The molecule has 2 heterocycles. The molecule has 4 rings (SSSR count). The maximum absolute atomic E-state index is 15.0. The Morgan fingerprint density at radius 1 is 1.34 bits per heavy atom. The van der Waals surface area contributed by atoms with Crippen molar-refractivity contribution in [1.82, 2.24) is 4.98 Å². The predicted octanol–water partition coefficient (Wildman–Crippen LogP) is 5.17. The number of halogens is 4. The molecule has 0 radical (unpaired) electrons. The maximum atomic E-state index is 15.0. The number of nitrogens with zero attached hydrogens (tertiary/aromatic N) is 3. The van der Waals surface area contributed by atoms with Crippen molar-refractivity contribution in [3.8, 4) is 0 Å². The lowest BCUT2D eigenvalue weighted by atomic mass is 9.84. The second-order valence-corrected chi connectivity index (χ2v) is 9.17. The number of pyridine rings is 1. The lowest BCUT2D eigenvalue weighted by Gasteiger charge is -2.32. The molecule has 0 bridgehead atoms. The van der Waals surface area contributed by atoms with Crippen LogP contribution in [-0.2, 0) is 10.3 Å². The highest BCUT2D eigenvalue weighted by atomic mass is 32.2. The quantitative estimate of drug-likeness (QED) is 0.492. The number of thioether (sulfide) groups is 1. The number of aromatic nitrogens is 1. The molecule has 5 nitrogen and oxygen atoms in total. The first-order valence-electron chi connectivity index (χ1n) is 9.51. The smallest absolute Gasteiger partial charge is 0.272 e. The number of alkyl halides is 2. The van der Waals surface area contributed by atoms with Gasteiger partial charge in [0, 0.05) is 18.9 Å². The number of fused-ring (bicyclic) bond motifs is 1. The number of hydrogen-bond acceptors (Lipinski definition) is 5. The van der Waals surface area contributed by atoms with Crippen LogP contribution in [-0.4, -0.2) is 34.5 Å². The van der Waals surface area contributed by atoms with E-state index >= 15 is 0 Å². The highest BCUT2D eigenvalue weighted by molar-refractivity contribution is 8.15. The van der Waals surface area contributed by atoms with Crippen molar-refractivity contribution in [3.63, 3.8) is 0 Å². The molecule has 1 fully saturated rings. The summed E-state index contributed by atoms with van der Waals surface area (Å²) in [6, 6.07) is 6.47. The van der Waals surface area contributed by atoms with E-state index in [4.69, 9.17) is 17.0 Å². The number of benzene rings is 1. The monoisotopic (exact) mass is 462 g/mol. The van der Waals surface area contributed by atoms with Crippen LogP contribution >= 0.6 is 11.8 Å². The van der Waals surface area contributed by atoms with Crippen molar-refractivity contribution < 1.29 is 22.3 Å². The van der Waals surface area contributed by atoms with E-state index < -0.39 is 33.8 Å². The molecule has 1 saturated carbocycles. The number of ether oxygens (including phenoxy) is 1. The Bertz CT molecular complexity index is 1180. The Morgan fingerprint density at radius 2 is 2.09 bits per heavy atom. The van der Waals surface area contributed by atoms with E-state index in [1.54, 1.807) is 0 Å². The van der Waals surface area contributed by atoms with E-state index in [0.717, 1.165) is 23.9 Å². The van der Waals surface area contributed by atoms with Gasteiger partial charge >= 0.3 is 0 Å². The van der Waals surface area contributed by atoms with Gasteiger partial charge in [-0.25, -0.2) is 22.4 Å². The summed E-state index contributed by atoms with van der Waals surface area (Å²) in [6.45, 7) is 8.05. The molecule has 0 amide bonds. The fourth-order valence-electron chi connectivity index (χ4n) is 4.34. The van der Waals surface area contributed by atoms with Gasteiger partial charge in [-0.15, -0.1) is 0 Å². The normalized spacial score (nSPS) is 28.5. The van der Waals surface area contributed by atoms with Crippen molar-refractivity contribution >= 4 is 34.5 Å². The molecule has 0 unspecified atom stereocenters. The number of nitrogens with two attached hydrogens (primary N) is 1. The molecule has 10 heteroatoms. The van der Waals surface area contributed by atoms with Crippen molar-refractivity contribution in [2.45, 2.75) is 23.1 Å². The second-order valence-electron chi connectivity index (χ2n) is 7.82. The zero-order valence-corrected chi connectivity index (χ0v) is 17.9. The molecule has 2 aromatic rings. The van der Waals surface area contributed by atoms with Gasteiger partial charge in [0.15, 0.2) is 5.17 Å². The fourth-order valence-corrected chi connectivity index (χ4v) is 5.82. The summed E-state index contributed by atoms with van der Waals surface area (Å²) in [5.74, 6) is -6.01. The van der Waals surface area contributed by atoms with Crippen LogP contribution in [0.1, 0.15) is 23.7 Å². The minimum absolute atomic E-state index is 0.0151. The second kappa shape index (κ2) is 7.60. The largest absolute Gasteiger partial charge is 0.383 e. The molecule has 0 spiro atoms. The fraction of sp³-hybridized carbons (Fsp3) is 0.318. The molecule has 1 aliphatic carbocycles. The molecule has 2 aliphatic rings. The average molecular weight is 462 g/mol. The molecule has 2 N–H and O–H groups in total. The summed E-state index contributed by atoms with van der Waals surface area (Å²) in [5.41, 5.74) is 4.57. The summed E-state index contributed by atoms with van der Waals surface area (Å²) in [6.07, 6.45) is 2.35. The van der Waals surface area contributed by atoms with Gasteiger partial charge in [0.05, 0.1) is 30.3 Å². The summed E-state index contributed by atoms with van der Waals surface area (Å²) < 4.78 is 62.9. The van der Waals surface area contributed by atoms with E-state index in [2.05, 4.69) is 14.8 Å². The van der Waals surface area contributed by atoms with Gasteiger partial charge in [-0.2, -0.15) is 0 Å². The summed E-state index contributed by atoms with van der Waals surface area (Å²) in [4.78, 5) is 11.3. The topological polar surface area (TPSA) is 64.9 Å². The Kier molecular flexibility index (Phi) is 5.30. The Morgan fingerprint density at radius 3 is 2.72 bits per heavy atom. The zero-order chi connectivity index (χ0) is 23.3. The van der Waals surface area contributed by atoms with Gasteiger partial charge in [-0.05, 0) is 36.8 Å². The van der Waals surface area contributed by atoms with Crippen LogP contribution in [0.3, 0.4) is 0 Å². The first-order valence-corrected chi connectivity index (χ1v) is 10.3. The molecule has 32 heavy (non-hydrogen) atoms. The van der Waals surface area contributed by atoms with Crippen LogP contribution in [0, 0.1) is 18.3 Å². The van der Waals surface area contributed by atoms with Crippen molar-refractivity contribution in [3.05, 3.63) is 70.6 Å². The lowest BCUT2D eigenvalue weighted by Crippen LogP contribution is -2.37. The third-order valence-corrected chi connectivity index (χ3v) is 7.10. The Hall–Kier alpha value is -2.90. The van der Waals surface area contributed by atoms with Gasteiger partial charge in [-0.1, -0.05) is 23.9 Å². The van der Waals surface area contributed by atoms with Crippen LogP contribution in [0.2, 0.25) is 0 Å². The first-order chi connectivity index (χ1) is 15.1. The minimum atomic E-state index is -3.19. The number of aliphatic imine (C=N–C) groups is 1. The number of rotatable bonds is 5. The first kappa shape index (κ1) is 22.3. The van der Waals surface area contributed by atoms with Gasteiger partial charge in [0.1, 0.15) is 16.4 Å². The van der Waals surface area contributed by atoms with Gasteiger partial charge < -0.3 is 10.5 Å². The maximum Gasteiger partial charge on any atom is 0.272 e. The van der Waals surface area contributed by atoms with E-state index in [1.165, 1.54) is 44.5 Å². The third-order valence-electron chi connectivity index (χ3n) is 5.81. The van der Waals surface area contributed by atoms with Crippen LogP contribution in [0.4, 0.5) is 23.2 Å². The van der Waals surface area contributed by atoms with Crippen LogP contribution < -0.4 is 5.73 Å². The molecule has 1 aliphatic heterocycles. The van der Waals surface area contributed by atoms with E-state index in [-0.39, 0.29) is 34.3 Å². The molecule has 0 saturated heterocycles. The minimum Gasteiger partial charge on any atom is -0.383 e. The van der Waals surface area contributed by atoms with E-state index in [1.807, 2.05) is 0 Å². The molecule has 166 valence electrons. The Labute approximate surface area is 186 Å².